The Balaban J connectivity index is 1.79. The second-order valence-electron chi connectivity index (χ2n) is 9.08. The number of nitrogens with zero attached hydrogens (tertiary/aromatic N) is 2. The summed E-state index contributed by atoms with van der Waals surface area (Å²) in [6.07, 6.45) is 4.17. The van der Waals surface area contributed by atoms with Crippen molar-refractivity contribution < 1.29 is 18.8 Å². The molecule has 0 bridgehead atoms. The molecular formula is C26H24Cl2FN3O3. The molecule has 2 aromatic carbocycles. The minimum atomic E-state index is -0.933. The number of carbonyl (C=O) groups excluding carboxylic acids is 3. The zero-order valence-electron chi connectivity index (χ0n) is 19.7. The van der Waals surface area contributed by atoms with Crippen LogP contribution in [0.1, 0.15) is 45.2 Å². The molecule has 2 aliphatic heterocycles. The van der Waals surface area contributed by atoms with Gasteiger partial charge in [0.1, 0.15) is 11.4 Å². The highest BCUT2D eigenvalue weighted by atomic mass is 35.5. The van der Waals surface area contributed by atoms with Crippen LogP contribution in [0.25, 0.3) is 11.6 Å². The Morgan fingerprint density at radius 3 is 2.46 bits per heavy atom. The normalized spacial score (nSPS) is 18.5. The lowest BCUT2D eigenvalue weighted by Gasteiger charge is -2.43. The molecule has 0 aromatic heterocycles. The van der Waals surface area contributed by atoms with Crippen LogP contribution in [-0.4, -0.2) is 29.9 Å². The first-order chi connectivity index (χ1) is 16.4. The number of carbonyl (C=O) groups is 3. The zero-order valence-corrected chi connectivity index (χ0v) is 21.2. The number of hydrogen-bond donors (Lipinski definition) is 1. The van der Waals surface area contributed by atoms with E-state index in [0.717, 1.165) is 34.7 Å². The van der Waals surface area contributed by atoms with E-state index in [1.165, 1.54) is 30.3 Å². The van der Waals surface area contributed by atoms with Gasteiger partial charge >= 0.3 is 6.03 Å². The molecule has 0 atom stereocenters. The minimum Gasteiger partial charge on any atom is -0.362 e. The zero-order chi connectivity index (χ0) is 25.7. The Labute approximate surface area is 213 Å². The molecule has 182 valence electrons. The van der Waals surface area contributed by atoms with Crippen molar-refractivity contribution in [3.05, 3.63) is 69.0 Å². The van der Waals surface area contributed by atoms with E-state index in [4.69, 9.17) is 23.2 Å². The number of nitrogens with one attached hydrogen (secondary N) is 1. The molecule has 1 fully saturated rings. The van der Waals surface area contributed by atoms with Gasteiger partial charge in [0, 0.05) is 23.4 Å². The Morgan fingerprint density at radius 1 is 1.09 bits per heavy atom. The van der Waals surface area contributed by atoms with Crippen LogP contribution in [0.4, 0.5) is 20.6 Å². The number of rotatable bonds is 4. The molecule has 6 nitrogen and oxygen atoms in total. The number of hydrogen-bond acceptors (Lipinski definition) is 4. The van der Waals surface area contributed by atoms with Crippen LogP contribution in [-0.2, 0) is 9.59 Å². The van der Waals surface area contributed by atoms with Gasteiger partial charge in [-0.15, -0.1) is 0 Å². The third-order valence-corrected chi connectivity index (χ3v) is 6.85. The van der Waals surface area contributed by atoms with Crippen LogP contribution in [0.2, 0.25) is 10.0 Å². The topological polar surface area (TPSA) is 69.7 Å². The molecule has 0 radical (unpaired) electrons. The Hall–Kier alpha value is -3.16. The molecule has 4 amide bonds. The van der Waals surface area contributed by atoms with Gasteiger partial charge in [0.25, 0.3) is 11.8 Å². The van der Waals surface area contributed by atoms with Crippen LogP contribution < -0.4 is 15.1 Å². The lowest BCUT2D eigenvalue weighted by atomic mass is 9.87. The van der Waals surface area contributed by atoms with E-state index in [0.29, 0.717) is 0 Å². The summed E-state index contributed by atoms with van der Waals surface area (Å²) in [4.78, 5) is 41.1. The molecule has 4 rings (SSSR count). The summed E-state index contributed by atoms with van der Waals surface area (Å²) in [6.45, 7) is 8.89. The number of allylic oxidation sites excluding steroid dienone is 1. The molecular weight excluding hydrogens is 492 g/mol. The largest absolute Gasteiger partial charge is 0.362 e. The number of fused-ring (bicyclic) bond motifs is 1. The monoisotopic (exact) mass is 515 g/mol. The third-order valence-electron chi connectivity index (χ3n) is 6.11. The van der Waals surface area contributed by atoms with Crippen molar-refractivity contribution in [1.29, 1.82) is 0 Å². The van der Waals surface area contributed by atoms with E-state index in [-0.39, 0.29) is 32.4 Å². The van der Waals surface area contributed by atoms with Crippen molar-refractivity contribution in [3.63, 3.8) is 0 Å². The van der Waals surface area contributed by atoms with Crippen molar-refractivity contribution in [2.45, 2.75) is 39.7 Å². The number of anilines is 2. The molecule has 0 saturated carbocycles. The van der Waals surface area contributed by atoms with Crippen LogP contribution in [0.3, 0.4) is 0 Å². The predicted molar refractivity (Wildman–Crippen MR) is 137 cm³/mol. The van der Waals surface area contributed by atoms with Gasteiger partial charge in [0.2, 0.25) is 0 Å². The van der Waals surface area contributed by atoms with E-state index in [1.807, 2.05) is 6.92 Å². The Bertz CT molecular complexity index is 1330. The molecule has 2 aromatic rings. The summed E-state index contributed by atoms with van der Waals surface area (Å²) in [6, 6.07) is 6.33. The summed E-state index contributed by atoms with van der Waals surface area (Å²) in [5.41, 5.74) is 2.05. The lowest BCUT2D eigenvalue weighted by Crippen LogP contribution is -2.54. The number of barbiturate groups is 1. The molecule has 1 saturated heterocycles. The fourth-order valence-electron chi connectivity index (χ4n) is 4.53. The van der Waals surface area contributed by atoms with Crippen molar-refractivity contribution in [1.82, 2.24) is 5.32 Å². The van der Waals surface area contributed by atoms with Crippen LogP contribution in [0.15, 0.2) is 42.0 Å². The van der Waals surface area contributed by atoms with Gasteiger partial charge in [-0.3, -0.25) is 14.9 Å². The lowest BCUT2D eigenvalue weighted by molar-refractivity contribution is -0.122. The fraction of sp³-hybridized carbons (Fsp3) is 0.269. The average Bonchev–Trinajstić information content (AvgIpc) is 2.76. The van der Waals surface area contributed by atoms with E-state index < -0.39 is 23.7 Å². The second-order valence-corrected chi connectivity index (χ2v) is 9.89. The van der Waals surface area contributed by atoms with E-state index in [9.17, 15) is 14.4 Å². The number of imide groups is 2. The standard InChI is InChI=1S/C26H24Cl2FN3O3/c1-5-8-31-22-12-21(29)15(9-17(22)14(2)13-26(31,3)4)10-18-23(33)30-25(35)32(24(18)34)16-6-7-19(27)20(28)11-16/h6-7,9-13H,5,8H2,1-4H3,(H,30,33,35)/b18-10-. The van der Waals surface area contributed by atoms with Gasteiger partial charge in [-0.05, 0) is 69.2 Å². The summed E-state index contributed by atoms with van der Waals surface area (Å²) in [7, 11) is 0. The summed E-state index contributed by atoms with van der Waals surface area (Å²) < 4.78 is 15.3. The number of amides is 4. The van der Waals surface area contributed by atoms with Gasteiger partial charge in [0.05, 0.1) is 21.3 Å². The highest BCUT2D eigenvalue weighted by Crippen LogP contribution is 2.40. The number of urea groups is 1. The average molecular weight is 516 g/mol. The van der Waals surface area contributed by atoms with E-state index >= 15 is 4.39 Å². The van der Waals surface area contributed by atoms with Gasteiger partial charge in [-0.25, -0.2) is 14.1 Å². The van der Waals surface area contributed by atoms with E-state index in [1.54, 1.807) is 6.07 Å². The highest BCUT2D eigenvalue weighted by Gasteiger charge is 2.38. The van der Waals surface area contributed by atoms with Crippen molar-refractivity contribution >= 4 is 64.1 Å². The number of benzene rings is 2. The second kappa shape index (κ2) is 9.13. The summed E-state index contributed by atoms with van der Waals surface area (Å²) >= 11 is 12.0. The molecule has 0 spiro atoms. The summed E-state index contributed by atoms with van der Waals surface area (Å²) in [5, 5.41) is 2.51. The van der Waals surface area contributed by atoms with Gasteiger partial charge in [0.15, 0.2) is 0 Å². The Kier molecular flexibility index (Phi) is 6.51. The molecule has 35 heavy (non-hydrogen) atoms. The van der Waals surface area contributed by atoms with Crippen LogP contribution in [0.5, 0.6) is 0 Å². The molecule has 9 heteroatoms. The first kappa shape index (κ1) is 24.9. The minimum absolute atomic E-state index is 0.0644. The first-order valence-electron chi connectivity index (χ1n) is 11.1. The molecule has 2 heterocycles. The van der Waals surface area contributed by atoms with Gasteiger partial charge < -0.3 is 4.90 Å². The van der Waals surface area contributed by atoms with Gasteiger partial charge in [-0.2, -0.15) is 0 Å². The maximum Gasteiger partial charge on any atom is 0.335 e. The molecule has 2 aliphatic rings. The fourth-order valence-corrected chi connectivity index (χ4v) is 4.82. The smallest absolute Gasteiger partial charge is 0.335 e. The number of halogens is 3. The van der Waals surface area contributed by atoms with Crippen LogP contribution >= 0.6 is 23.2 Å². The molecule has 0 unspecified atom stereocenters. The predicted octanol–water partition coefficient (Wildman–Crippen LogP) is 6.21. The summed E-state index contributed by atoms with van der Waals surface area (Å²) in [5.74, 6) is -2.38. The van der Waals surface area contributed by atoms with Crippen molar-refractivity contribution in [3.8, 4) is 0 Å². The Morgan fingerprint density at radius 2 is 1.80 bits per heavy atom. The maximum atomic E-state index is 15.3. The van der Waals surface area contributed by atoms with E-state index in [2.05, 4.69) is 37.1 Å². The molecule has 0 aliphatic carbocycles. The maximum absolute atomic E-state index is 15.3. The molecule has 1 N–H and O–H groups in total. The SMILES string of the molecule is CCCN1c2cc(F)c(/C=C3/C(=O)NC(=O)N(c4ccc(Cl)c(Cl)c4)C3=O)cc2C(C)=CC1(C)C. The van der Waals surface area contributed by atoms with Gasteiger partial charge in [-0.1, -0.05) is 36.2 Å². The van der Waals surface area contributed by atoms with Crippen molar-refractivity contribution in [2.75, 3.05) is 16.3 Å². The quantitative estimate of drug-likeness (QED) is 0.388. The highest BCUT2D eigenvalue weighted by molar-refractivity contribution is 6.43. The van der Waals surface area contributed by atoms with Crippen molar-refractivity contribution in [2.24, 2.45) is 0 Å². The third kappa shape index (κ3) is 4.46. The van der Waals surface area contributed by atoms with Crippen LogP contribution in [0, 0.1) is 5.82 Å². The first-order valence-corrected chi connectivity index (χ1v) is 11.9.